The third kappa shape index (κ3) is 16.1. The third-order valence-corrected chi connectivity index (χ3v) is 6.26. The molecule has 1 atom stereocenters. The zero-order valence-corrected chi connectivity index (χ0v) is 18.9. The lowest BCUT2D eigenvalue weighted by Crippen LogP contribution is -2.27. The van der Waals surface area contributed by atoms with E-state index >= 15 is 0 Å². The van der Waals surface area contributed by atoms with Gasteiger partial charge in [0.15, 0.2) is 0 Å². The number of rotatable bonds is 19. The first kappa shape index (κ1) is 27.1. The van der Waals surface area contributed by atoms with Gasteiger partial charge in [-0.25, -0.2) is 4.79 Å². The highest BCUT2D eigenvalue weighted by atomic mass is 32.2. The first-order valence-corrected chi connectivity index (χ1v) is 12.6. The zero-order chi connectivity index (χ0) is 21.3. The Morgan fingerprint density at radius 2 is 1.25 bits per heavy atom. The van der Waals surface area contributed by atoms with Crippen LogP contribution < -0.4 is 0 Å². The zero-order valence-electron chi connectivity index (χ0n) is 18.1. The van der Waals surface area contributed by atoms with E-state index in [9.17, 15) is 17.8 Å². The summed E-state index contributed by atoms with van der Waals surface area (Å²) in [5, 5.41) is -1.05. The van der Waals surface area contributed by atoms with Crippen molar-refractivity contribution < 1.29 is 22.5 Å². The van der Waals surface area contributed by atoms with Gasteiger partial charge in [-0.2, -0.15) is 8.42 Å². The Bertz CT molecular complexity index is 513. The number of unbranched alkanes of at least 4 members (excludes halogenated alkanes) is 13. The van der Waals surface area contributed by atoms with Crippen LogP contribution in [0.5, 0.6) is 0 Å². The second kappa shape index (κ2) is 17.0. The van der Waals surface area contributed by atoms with Crippen molar-refractivity contribution in [3.8, 4) is 0 Å². The average molecular weight is 419 g/mol. The van der Waals surface area contributed by atoms with Crippen LogP contribution in [0.2, 0.25) is 0 Å². The number of carbonyl (C=O) groups is 1. The van der Waals surface area contributed by atoms with Crippen molar-refractivity contribution in [1.29, 1.82) is 0 Å². The van der Waals surface area contributed by atoms with Gasteiger partial charge in [-0.3, -0.25) is 4.55 Å². The quantitative estimate of drug-likeness (QED) is 0.116. The van der Waals surface area contributed by atoms with Crippen molar-refractivity contribution in [2.45, 2.75) is 115 Å². The number of hydrogen-bond acceptors (Lipinski definition) is 4. The first-order valence-electron chi connectivity index (χ1n) is 11.1. The van der Waals surface area contributed by atoms with Crippen molar-refractivity contribution in [1.82, 2.24) is 0 Å². The normalized spacial score (nSPS) is 12.7. The molecule has 6 heteroatoms. The van der Waals surface area contributed by atoms with Gasteiger partial charge in [0.2, 0.25) is 0 Å². The van der Waals surface area contributed by atoms with Crippen LogP contribution in [0.1, 0.15) is 110 Å². The lowest BCUT2D eigenvalue weighted by atomic mass is 10.0. The smallest absolute Gasteiger partial charge is 0.333 e. The van der Waals surface area contributed by atoms with Crippen molar-refractivity contribution in [3.05, 3.63) is 12.2 Å². The molecular formula is C22H42O5S. The third-order valence-electron chi connectivity index (χ3n) is 5.05. The van der Waals surface area contributed by atoms with Crippen LogP contribution in [-0.4, -0.2) is 30.8 Å². The van der Waals surface area contributed by atoms with E-state index in [1.165, 1.54) is 71.1 Å². The summed E-state index contributed by atoms with van der Waals surface area (Å²) in [5.41, 5.74) is 0.214. The molecule has 0 aromatic rings. The molecule has 0 aliphatic heterocycles. The van der Waals surface area contributed by atoms with Crippen LogP contribution in [0.25, 0.3) is 0 Å². The van der Waals surface area contributed by atoms with Gasteiger partial charge in [-0.15, -0.1) is 0 Å². The van der Waals surface area contributed by atoms with Gasteiger partial charge in [0.25, 0.3) is 10.1 Å². The Labute approximate surface area is 173 Å². The summed E-state index contributed by atoms with van der Waals surface area (Å²) in [6.07, 6.45) is 17.5. The largest absolute Gasteiger partial charge is 0.461 e. The molecule has 0 radical (unpaired) electrons. The Morgan fingerprint density at radius 1 is 0.857 bits per heavy atom. The summed E-state index contributed by atoms with van der Waals surface area (Å²) in [6.45, 7) is 6.88. The van der Waals surface area contributed by atoms with E-state index < -0.39 is 21.3 Å². The molecular weight excluding hydrogens is 376 g/mol. The minimum Gasteiger partial charge on any atom is -0.461 e. The van der Waals surface area contributed by atoms with E-state index in [1.54, 1.807) is 0 Å². The van der Waals surface area contributed by atoms with Crippen LogP contribution in [0, 0.1) is 0 Å². The van der Waals surface area contributed by atoms with E-state index in [0.717, 1.165) is 19.3 Å². The Kier molecular flexibility index (Phi) is 16.5. The van der Waals surface area contributed by atoms with Gasteiger partial charge >= 0.3 is 5.97 Å². The lowest BCUT2D eigenvalue weighted by molar-refractivity contribution is -0.138. The van der Waals surface area contributed by atoms with Crippen LogP contribution in [0.15, 0.2) is 12.2 Å². The number of carbonyl (C=O) groups excluding carboxylic acids is 1. The second-order valence-corrected chi connectivity index (χ2v) is 9.60. The van der Waals surface area contributed by atoms with Crippen LogP contribution >= 0.6 is 0 Å². The van der Waals surface area contributed by atoms with Gasteiger partial charge in [-0.05, 0) is 13.3 Å². The maximum atomic E-state index is 11.4. The monoisotopic (exact) mass is 418 g/mol. The number of ether oxygens (including phenoxy) is 1. The lowest BCUT2D eigenvalue weighted by Gasteiger charge is -2.14. The van der Waals surface area contributed by atoms with Crippen LogP contribution in [0.3, 0.4) is 0 Å². The molecule has 28 heavy (non-hydrogen) atoms. The van der Waals surface area contributed by atoms with Crippen LogP contribution in [-0.2, 0) is 19.6 Å². The maximum Gasteiger partial charge on any atom is 0.333 e. The molecule has 0 saturated heterocycles. The van der Waals surface area contributed by atoms with Gasteiger partial charge in [0.1, 0.15) is 11.9 Å². The average Bonchev–Trinajstić information content (AvgIpc) is 2.62. The minimum absolute atomic E-state index is 0.214. The minimum atomic E-state index is -4.21. The summed E-state index contributed by atoms with van der Waals surface area (Å²) in [4.78, 5) is 11.4. The van der Waals surface area contributed by atoms with E-state index in [0.29, 0.717) is 12.8 Å². The summed E-state index contributed by atoms with van der Waals surface area (Å²) < 4.78 is 37.0. The van der Waals surface area contributed by atoms with E-state index in [1.807, 2.05) is 0 Å². The fourth-order valence-electron chi connectivity index (χ4n) is 3.18. The maximum absolute atomic E-state index is 11.4. The summed E-state index contributed by atoms with van der Waals surface area (Å²) in [5.74, 6) is -0.630. The van der Waals surface area contributed by atoms with E-state index in [4.69, 9.17) is 4.74 Å². The second-order valence-electron chi connectivity index (χ2n) is 7.90. The summed E-state index contributed by atoms with van der Waals surface area (Å²) in [7, 11) is -4.21. The van der Waals surface area contributed by atoms with Gasteiger partial charge < -0.3 is 4.74 Å². The summed E-state index contributed by atoms with van der Waals surface area (Å²) >= 11 is 0. The predicted octanol–water partition coefficient (Wildman–Crippen LogP) is 6.23. The van der Waals surface area contributed by atoms with E-state index in [-0.39, 0.29) is 12.2 Å². The van der Waals surface area contributed by atoms with Crippen molar-refractivity contribution in [2.75, 3.05) is 6.61 Å². The topological polar surface area (TPSA) is 80.7 Å². The fourth-order valence-corrected chi connectivity index (χ4v) is 3.88. The standard InChI is InChI=1S/C22H42O5S/c1-4-5-6-7-8-9-10-11-12-13-14-15-16-17-18-21(28(24,25)26)19-27-22(23)20(2)3/h21H,2,4-19H2,1,3H3,(H,24,25,26). The molecule has 0 bridgehead atoms. The molecule has 1 unspecified atom stereocenters. The SMILES string of the molecule is C=C(C)C(=O)OCC(CCCCCCCCCCCCCCCC)S(=O)(=O)O. The Balaban J connectivity index is 3.65. The van der Waals surface area contributed by atoms with Gasteiger partial charge in [-0.1, -0.05) is 103 Å². The molecule has 1 N–H and O–H groups in total. The summed E-state index contributed by atoms with van der Waals surface area (Å²) in [6, 6.07) is 0. The molecule has 0 saturated carbocycles. The molecule has 0 amide bonds. The highest BCUT2D eigenvalue weighted by Crippen LogP contribution is 2.15. The van der Waals surface area contributed by atoms with Crippen LogP contribution in [0.4, 0.5) is 0 Å². The molecule has 0 heterocycles. The molecule has 0 spiro atoms. The molecule has 0 aromatic heterocycles. The number of hydrogen-bond donors (Lipinski definition) is 1. The molecule has 0 aliphatic carbocycles. The highest BCUT2D eigenvalue weighted by molar-refractivity contribution is 7.86. The molecule has 0 rings (SSSR count). The Hall–Kier alpha value is -0.880. The van der Waals surface area contributed by atoms with E-state index in [2.05, 4.69) is 13.5 Å². The molecule has 5 nitrogen and oxygen atoms in total. The molecule has 0 aliphatic rings. The first-order chi connectivity index (χ1) is 13.3. The fraction of sp³-hybridized carbons (Fsp3) is 0.864. The molecule has 166 valence electrons. The van der Waals surface area contributed by atoms with Crippen molar-refractivity contribution in [2.24, 2.45) is 0 Å². The molecule has 0 aromatic carbocycles. The van der Waals surface area contributed by atoms with Gasteiger partial charge in [0, 0.05) is 5.57 Å². The van der Waals surface area contributed by atoms with Crippen molar-refractivity contribution >= 4 is 16.1 Å². The van der Waals surface area contributed by atoms with Gasteiger partial charge in [0.05, 0.1) is 0 Å². The van der Waals surface area contributed by atoms with Crippen molar-refractivity contribution in [3.63, 3.8) is 0 Å². The predicted molar refractivity (Wildman–Crippen MR) is 116 cm³/mol. The highest BCUT2D eigenvalue weighted by Gasteiger charge is 2.24. The molecule has 0 fully saturated rings. The Morgan fingerprint density at radius 3 is 1.61 bits per heavy atom. The number of esters is 1.